The predicted octanol–water partition coefficient (Wildman–Crippen LogP) is 2.72. The van der Waals surface area contributed by atoms with Crippen molar-refractivity contribution in [3.05, 3.63) is 29.3 Å². The molecule has 112 valence electrons. The van der Waals surface area contributed by atoms with Gasteiger partial charge in [0.2, 0.25) is 0 Å². The molecule has 0 spiro atoms. The number of halogens is 3. The van der Waals surface area contributed by atoms with Crippen molar-refractivity contribution in [1.29, 1.82) is 5.26 Å². The molecule has 1 aromatic carbocycles. The molecule has 0 N–H and O–H groups in total. The summed E-state index contributed by atoms with van der Waals surface area (Å²) in [4.78, 5) is 13.3. The van der Waals surface area contributed by atoms with Gasteiger partial charge in [0.05, 0.1) is 23.9 Å². The molecule has 0 bridgehead atoms. The fraction of sp³-hybridized carbons (Fsp3) is 0.429. The Hall–Kier alpha value is -2.23. The highest BCUT2D eigenvalue weighted by atomic mass is 19.4. The number of carbonyl (C=O) groups excluding carboxylic acids is 1. The highest BCUT2D eigenvalue weighted by Gasteiger charge is 2.35. The normalized spacial score (nSPS) is 18.4. The second-order valence-corrected chi connectivity index (χ2v) is 4.72. The number of rotatable bonds is 2. The maximum absolute atomic E-state index is 12.7. The minimum Gasteiger partial charge on any atom is -0.467 e. The van der Waals surface area contributed by atoms with Crippen molar-refractivity contribution in [1.82, 2.24) is 0 Å². The second-order valence-electron chi connectivity index (χ2n) is 4.72. The molecule has 1 aromatic rings. The van der Waals surface area contributed by atoms with E-state index in [1.54, 1.807) is 11.0 Å². The molecular formula is C14H13F3N2O2. The highest BCUT2D eigenvalue weighted by Crippen LogP contribution is 2.35. The number of anilines is 1. The van der Waals surface area contributed by atoms with Crippen molar-refractivity contribution in [3.63, 3.8) is 0 Å². The van der Waals surface area contributed by atoms with E-state index in [2.05, 4.69) is 0 Å². The Morgan fingerprint density at radius 2 is 2.19 bits per heavy atom. The van der Waals surface area contributed by atoms with Crippen LogP contribution in [0.1, 0.15) is 24.0 Å². The topological polar surface area (TPSA) is 53.3 Å². The molecule has 0 saturated carbocycles. The number of nitrogens with zero attached hydrogens (tertiary/aromatic N) is 2. The average molecular weight is 298 g/mol. The molecule has 0 aliphatic carbocycles. The van der Waals surface area contributed by atoms with Crippen molar-refractivity contribution in [2.75, 3.05) is 18.6 Å². The van der Waals surface area contributed by atoms with Crippen LogP contribution >= 0.6 is 0 Å². The number of nitriles is 1. The van der Waals surface area contributed by atoms with Crippen molar-refractivity contribution in [3.8, 4) is 6.07 Å². The number of hydrogen-bond acceptors (Lipinski definition) is 4. The van der Waals surface area contributed by atoms with E-state index in [0.717, 1.165) is 12.1 Å². The number of benzene rings is 1. The van der Waals surface area contributed by atoms with Crippen LogP contribution in [0.2, 0.25) is 0 Å². The summed E-state index contributed by atoms with van der Waals surface area (Å²) in [6.07, 6.45) is -3.24. The molecule has 4 nitrogen and oxygen atoms in total. The molecule has 1 atom stereocenters. The lowest BCUT2D eigenvalue weighted by molar-refractivity contribution is -0.142. The minimum absolute atomic E-state index is 0.0966. The first-order valence-corrected chi connectivity index (χ1v) is 6.34. The van der Waals surface area contributed by atoms with E-state index in [1.165, 1.54) is 13.2 Å². The summed E-state index contributed by atoms with van der Waals surface area (Å²) in [5, 5.41) is 9.09. The van der Waals surface area contributed by atoms with Gasteiger partial charge in [0.1, 0.15) is 12.1 Å². The van der Waals surface area contributed by atoms with Crippen LogP contribution in [0, 0.1) is 11.3 Å². The first-order valence-electron chi connectivity index (χ1n) is 6.34. The van der Waals surface area contributed by atoms with Gasteiger partial charge in [-0.25, -0.2) is 4.79 Å². The van der Waals surface area contributed by atoms with Gasteiger partial charge in [-0.05, 0) is 31.0 Å². The van der Waals surface area contributed by atoms with Gasteiger partial charge in [-0.15, -0.1) is 0 Å². The monoisotopic (exact) mass is 298 g/mol. The van der Waals surface area contributed by atoms with Gasteiger partial charge in [-0.2, -0.15) is 18.4 Å². The zero-order chi connectivity index (χ0) is 15.6. The lowest BCUT2D eigenvalue weighted by atomic mass is 10.1. The van der Waals surface area contributed by atoms with Gasteiger partial charge in [0.25, 0.3) is 0 Å². The average Bonchev–Trinajstić information content (AvgIpc) is 2.93. The molecule has 0 amide bonds. The molecule has 1 aliphatic rings. The molecule has 1 fully saturated rings. The highest BCUT2D eigenvalue weighted by molar-refractivity contribution is 5.81. The fourth-order valence-corrected chi connectivity index (χ4v) is 2.49. The number of ether oxygens (including phenoxy) is 1. The number of carbonyl (C=O) groups is 1. The van der Waals surface area contributed by atoms with E-state index in [4.69, 9.17) is 10.00 Å². The van der Waals surface area contributed by atoms with Crippen molar-refractivity contribution >= 4 is 11.7 Å². The molecule has 1 heterocycles. The first-order chi connectivity index (χ1) is 9.88. The zero-order valence-corrected chi connectivity index (χ0v) is 11.3. The van der Waals surface area contributed by atoms with E-state index < -0.39 is 23.8 Å². The summed E-state index contributed by atoms with van der Waals surface area (Å²) in [6, 6.07) is 4.18. The van der Waals surface area contributed by atoms with Crippen LogP contribution in [0.4, 0.5) is 18.9 Å². The zero-order valence-electron chi connectivity index (χ0n) is 11.3. The summed E-state index contributed by atoms with van der Waals surface area (Å²) >= 11 is 0. The van der Waals surface area contributed by atoms with Crippen molar-refractivity contribution < 1.29 is 22.7 Å². The third-order valence-corrected chi connectivity index (χ3v) is 3.48. The van der Waals surface area contributed by atoms with E-state index >= 15 is 0 Å². The van der Waals surface area contributed by atoms with Gasteiger partial charge in [-0.3, -0.25) is 0 Å². The Bertz CT molecular complexity index is 593. The second kappa shape index (κ2) is 5.64. The third-order valence-electron chi connectivity index (χ3n) is 3.48. The van der Waals surface area contributed by atoms with Crippen molar-refractivity contribution in [2.24, 2.45) is 0 Å². The smallest absolute Gasteiger partial charge is 0.416 e. The van der Waals surface area contributed by atoms with Crippen LogP contribution in [-0.2, 0) is 15.7 Å². The molecule has 21 heavy (non-hydrogen) atoms. The van der Waals surface area contributed by atoms with Crippen molar-refractivity contribution in [2.45, 2.75) is 25.1 Å². The van der Waals surface area contributed by atoms with Crippen LogP contribution < -0.4 is 4.90 Å². The SMILES string of the molecule is COC(=O)C1CCCN1c1ccc(C(F)(F)F)cc1C#N. The van der Waals surface area contributed by atoms with Crippen LogP contribution in [0.15, 0.2) is 18.2 Å². The van der Waals surface area contributed by atoms with Crippen LogP contribution in [0.5, 0.6) is 0 Å². The van der Waals surface area contributed by atoms with Crippen LogP contribution in [-0.4, -0.2) is 25.7 Å². The maximum atomic E-state index is 12.7. The fourth-order valence-electron chi connectivity index (χ4n) is 2.49. The molecular weight excluding hydrogens is 285 g/mol. The predicted molar refractivity (Wildman–Crippen MR) is 68.5 cm³/mol. The van der Waals surface area contributed by atoms with Crippen LogP contribution in [0.25, 0.3) is 0 Å². The summed E-state index contributed by atoms with van der Waals surface area (Å²) < 4.78 is 42.7. The van der Waals surface area contributed by atoms with Gasteiger partial charge >= 0.3 is 12.1 Å². The molecule has 0 aromatic heterocycles. The van der Waals surface area contributed by atoms with Gasteiger partial charge in [0.15, 0.2) is 0 Å². The lowest BCUT2D eigenvalue weighted by Crippen LogP contribution is -2.37. The maximum Gasteiger partial charge on any atom is 0.416 e. The van der Waals surface area contributed by atoms with E-state index in [1.807, 2.05) is 0 Å². The van der Waals surface area contributed by atoms with E-state index in [-0.39, 0.29) is 5.56 Å². The Balaban J connectivity index is 2.40. The number of esters is 1. The summed E-state index contributed by atoms with van der Waals surface area (Å²) in [7, 11) is 1.26. The summed E-state index contributed by atoms with van der Waals surface area (Å²) in [6.45, 7) is 0.500. The Labute approximate surface area is 119 Å². The Morgan fingerprint density at radius 1 is 1.48 bits per heavy atom. The first kappa shape index (κ1) is 15.2. The molecule has 2 rings (SSSR count). The molecule has 7 heteroatoms. The summed E-state index contributed by atoms with van der Waals surface area (Å²) in [5.41, 5.74) is -0.643. The Morgan fingerprint density at radius 3 is 2.76 bits per heavy atom. The lowest BCUT2D eigenvalue weighted by Gasteiger charge is -2.26. The van der Waals surface area contributed by atoms with Gasteiger partial charge in [-0.1, -0.05) is 0 Å². The number of alkyl halides is 3. The number of methoxy groups -OCH3 is 1. The Kier molecular flexibility index (Phi) is 4.07. The van der Waals surface area contributed by atoms with Crippen LogP contribution in [0.3, 0.4) is 0 Å². The minimum atomic E-state index is -4.50. The van der Waals surface area contributed by atoms with E-state index in [9.17, 15) is 18.0 Å². The quantitative estimate of drug-likeness (QED) is 0.788. The van der Waals surface area contributed by atoms with Gasteiger partial charge in [0, 0.05) is 6.54 Å². The largest absolute Gasteiger partial charge is 0.467 e. The van der Waals surface area contributed by atoms with Gasteiger partial charge < -0.3 is 9.64 Å². The standard InChI is InChI=1S/C14H13F3N2O2/c1-21-13(20)12-3-2-6-19(12)11-5-4-10(14(15,16)17)7-9(11)8-18/h4-5,7,12H,2-3,6H2,1H3. The molecule has 1 aliphatic heterocycles. The number of hydrogen-bond donors (Lipinski definition) is 0. The molecule has 1 saturated heterocycles. The third kappa shape index (κ3) is 2.94. The van der Waals surface area contributed by atoms with E-state index in [0.29, 0.717) is 25.1 Å². The molecule has 0 radical (unpaired) electrons. The summed E-state index contributed by atoms with van der Waals surface area (Å²) in [5.74, 6) is -0.448. The molecule has 1 unspecified atom stereocenters.